The lowest BCUT2D eigenvalue weighted by Crippen LogP contribution is -2.46. The van der Waals surface area contributed by atoms with Gasteiger partial charge in [0.2, 0.25) is 5.91 Å². The van der Waals surface area contributed by atoms with E-state index in [-0.39, 0.29) is 48.3 Å². The van der Waals surface area contributed by atoms with Gasteiger partial charge in [0, 0.05) is 37.9 Å². The Kier molecular flexibility index (Phi) is 8.75. The number of carbonyl (C=O) groups is 1. The highest BCUT2D eigenvalue weighted by Crippen LogP contribution is 2.24. The van der Waals surface area contributed by atoms with Gasteiger partial charge in [0.05, 0.1) is 12.2 Å². The number of amides is 1. The first kappa shape index (κ1) is 23.8. The van der Waals surface area contributed by atoms with Gasteiger partial charge >= 0.3 is 0 Å². The van der Waals surface area contributed by atoms with Crippen LogP contribution in [0.15, 0.2) is 47.5 Å². The average molecular weight is 533 g/mol. The summed E-state index contributed by atoms with van der Waals surface area (Å²) in [4.78, 5) is 18.0. The second kappa shape index (κ2) is 11.0. The second-order valence-electron chi connectivity index (χ2n) is 6.65. The first-order valence-electron chi connectivity index (χ1n) is 9.17. The molecular formula is C20H23F3IN5O. The van der Waals surface area contributed by atoms with E-state index in [0.29, 0.717) is 30.4 Å². The predicted octanol–water partition coefficient (Wildman–Crippen LogP) is 3.10. The lowest BCUT2D eigenvalue weighted by atomic mass is 10.2. The summed E-state index contributed by atoms with van der Waals surface area (Å²) < 4.78 is 40.0. The van der Waals surface area contributed by atoms with Gasteiger partial charge in [-0.25, -0.2) is 13.2 Å². The quantitative estimate of drug-likeness (QED) is 0.314. The molecule has 1 amide bonds. The van der Waals surface area contributed by atoms with Crippen molar-refractivity contribution in [3.8, 4) is 0 Å². The summed E-state index contributed by atoms with van der Waals surface area (Å²) in [5, 5.41) is 8.76. The van der Waals surface area contributed by atoms with Crippen LogP contribution >= 0.6 is 24.0 Å². The van der Waals surface area contributed by atoms with Gasteiger partial charge in [0.15, 0.2) is 5.96 Å². The van der Waals surface area contributed by atoms with Crippen LogP contribution in [0, 0.1) is 17.5 Å². The summed E-state index contributed by atoms with van der Waals surface area (Å²) in [7, 11) is 1.58. The molecule has 1 saturated heterocycles. The highest BCUT2D eigenvalue weighted by molar-refractivity contribution is 14.0. The Labute approximate surface area is 190 Å². The van der Waals surface area contributed by atoms with Gasteiger partial charge in [-0.15, -0.1) is 24.0 Å². The summed E-state index contributed by atoms with van der Waals surface area (Å²) in [6.07, 6.45) is 0.735. The summed E-state index contributed by atoms with van der Waals surface area (Å²) in [6, 6.07) is 9.00. The van der Waals surface area contributed by atoms with Crippen molar-refractivity contribution in [2.75, 3.05) is 36.9 Å². The topological polar surface area (TPSA) is 68.8 Å². The Morgan fingerprint density at radius 2 is 1.83 bits per heavy atom. The van der Waals surface area contributed by atoms with Gasteiger partial charge in [-0.2, -0.15) is 0 Å². The highest BCUT2D eigenvalue weighted by Gasteiger charge is 2.25. The van der Waals surface area contributed by atoms with Gasteiger partial charge < -0.3 is 20.9 Å². The fourth-order valence-electron chi connectivity index (χ4n) is 3.13. The molecule has 1 aliphatic rings. The maximum absolute atomic E-state index is 14.0. The largest absolute Gasteiger partial charge is 0.367 e. The molecule has 2 aromatic rings. The molecule has 0 aliphatic carbocycles. The first-order valence-corrected chi connectivity index (χ1v) is 9.17. The molecular weight excluding hydrogens is 510 g/mol. The molecule has 162 valence electrons. The third kappa shape index (κ3) is 6.51. The van der Waals surface area contributed by atoms with Crippen LogP contribution in [0.5, 0.6) is 0 Å². The number of nitrogens with zero attached hydrogens (tertiary/aromatic N) is 2. The zero-order valence-electron chi connectivity index (χ0n) is 16.3. The molecule has 0 aromatic heterocycles. The second-order valence-corrected chi connectivity index (χ2v) is 6.65. The Bertz CT molecular complexity index is 895. The minimum atomic E-state index is -0.608. The lowest BCUT2D eigenvalue weighted by molar-refractivity contribution is -0.115. The minimum Gasteiger partial charge on any atom is -0.367 e. The van der Waals surface area contributed by atoms with Crippen LogP contribution in [-0.4, -0.2) is 44.6 Å². The molecule has 3 N–H and O–H groups in total. The van der Waals surface area contributed by atoms with Gasteiger partial charge in [-0.3, -0.25) is 9.79 Å². The van der Waals surface area contributed by atoms with E-state index in [0.717, 1.165) is 12.5 Å². The van der Waals surface area contributed by atoms with Gasteiger partial charge in [-0.1, -0.05) is 0 Å². The van der Waals surface area contributed by atoms with Crippen molar-refractivity contribution in [2.24, 2.45) is 4.99 Å². The van der Waals surface area contributed by atoms with E-state index in [2.05, 4.69) is 20.9 Å². The number of rotatable bonds is 5. The molecule has 1 fully saturated rings. The number of hydrogen-bond donors (Lipinski definition) is 3. The van der Waals surface area contributed by atoms with Gasteiger partial charge in [0.25, 0.3) is 0 Å². The van der Waals surface area contributed by atoms with Gasteiger partial charge in [-0.05, 0) is 42.8 Å². The van der Waals surface area contributed by atoms with Crippen LogP contribution in [0.2, 0.25) is 0 Å². The highest BCUT2D eigenvalue weighted by atomic mass is 127. The number of benzene rings is 2. The van der Waals surface area contributed by atoms with E-state index >= 15 is 0 Å². The minimum absolute atomic E-state index is 0. The SMILES string of the molecule is CN=C(NCC(=O)Nc1ccc(F)cc1)NC1CCN(c2ccc(F)cc2F)C1.I. The number of aliphatic imine (C=N–C) groups is 1. The van der Waals surface area contributed by atoms with E-state index in [1.165, 1.54) is 36.4 Å². The molecule has 0 spiro atoms. The van der Waals surface area contributed by atoms with Crippen LogP contribution in [0.1, 0.15) is 6.42 Å². The Hall–Kier alpha value is -2.50. The van der Waals surface area contributed by atoms with E-state index < -0.39 is 11.6 Å². The molecule has 0 saturated carbocycles. The molecule has 10 heteroatoms. The average Bonchev–Trinajstić information content (AvgIpc) is 3.15. The number of anilines is 2. The van der Waals surface area contributed by atoms with Crippen molar-refractivity contribution < 1.29 is 18.0 Å². The monoisotopic (exact) mass is 533 g/mol. The van der Waals surface area contributed by atoms with E-state index in [9.17, 15) is 18.0 Å². The maximum Gasteiger partial charge on any atom is 0.243 e. The smallest absolute Gasteiger partial charge is 0.243 e. The number of hydrogen-bond acceptors (Lipinski definition) is 3. The number of nitrogens with one attached hydrogen (secondary N) is 3. The van der Waals surface area contributed by atoms with Gasteiger partial charge in [0.1, 0.15) is 17.5 Å². The zero-order chi connectivity index (χ0) is 20.8. The molecule has 2 aromatic carbocycles. The first-order chi connectivity index (χ1) is 13.9. The van der Waals surface area contributed by atoms with Crippen LogP contribution in [0.25, 0.3) is 0 Å². The van der Waals surface area contributed by atoms with Crippen LogP contribution in [0.3, 0.4) is 0 Å². The van der Waals surface area contributed by atoms with Crippen molar-refractivity contribution in [3.63, 3.8) is 0 Å². The molecule has 30 heavy (non-hydrogen) atoms. The predicted molar refractivity (Wildman–Crippen MR) is 122 cm³/mol. The molecule has 1 unspecified atom stereocenters. The summed E-state index contributed by atoms with van der Waals surface area (Å²) in [5.74, 6) is -1.45. The molecule has 6 nitrogen and oxygen atoms in total. The molecule has 1 atom stereocenters. The summed E-state index contributed by atoms with van der Waals surface area (Å²) in [5.41, 5.74) is 0.853. The normalized spacial score (nSPS) is 16.1. The third-order valence-corrected chi connectivity index (χ3v) is 4.55. The van der Waals surface area contributed by atoms with E-state index in [1.54, 1.807) is 7.05 Å². The molecule has 1 heterocycles. The standard InChI is InChI=1S/C20H22F3N5O.HI/c1-24-20(25-11-19(29)26-15-5-2-13(21)3-6-15)27-16-8-9-28(12-16)18-7-4-14(22)10-17(18)23;/h2-7,10,16H,8-9,11-12H2,1H3,(H,26,29)(H2,24,25,27);1H. The van der Waals surface area contributed by atoms with Crippen LogP contribution in [0.4, 0.5) is 24.5 Å². The van der Waals surface area contributed by atoms with Crippen molar-refractivity contribution in [1.82, 2.24) is 10.6 Å². The molecule has 0 radical (unpaired) electrons. The Balaban J connectivity index is 0.00000320. The molecule has 3 rings (SSSR count). The molecule has 1 aliphatic heterocycles. The summed E-state index contributed by atoms with van der Waals surface area (Å²) >= 11 is 0. The lowest BCUT2D eigenvalue weighted by Gasteiger charge is -2.21. The fourth-order valence-corrected chi connectivity index (χ4v) is 3.13. The summed E-state index contributed by atoms with van der Waals surface area (Å²) in [6.45, 7) is 1.10. The van der Waals surface area contributed by atoms with E-state index in [1.807, 2.05) is 4.90 Å². The fraction of sp³-hybridized carbons (Fsp3) is 0.300. The third-order valence-electron chi connectivity index (χ3n) is 4.55. The molecule has 0 bridgehead atoms. The van der Waals surface area contributed by atoms with Crippen LogP contribution in [-0.2, 0) is 4.79 Å². The van der Waals surface area contributed by atoms with Crippen molar-refractivity contribution in [1.29, 1.82) is 0 Å². The maximum atomic E-state index is 14.0. The number of carbonyl (C=O) groups excluding carboxylic acids is 1. The van der Waals surface area contributed by atoms with E-state index in [4.69, 9.17) is 0 Å². The van der Waals surface area contributed by atoms with Crippen LogP contribution < -0.4 is 20.9 Å². The van der Waals surface area contributed by atoms with Crippen molar-refractivity contribution in [2.45, 2.75) is 12.5 Å². The Morgan fingerprint density at radius 3 is 2.50 bits per heavy atom. The number of halogens is 4. The van der Waals surface area contributed by atoms with Crippen molar-refractivity contribution in [3.05, 3.63) is 59.9 Å². The van der Waals surface area contributed by atoms with Crippen molar-refractivity contribution >= 4 is 47.2 Å². The Morgan fingerprint density at radius 1 is 1.13 bits per heavy atom. The number of guanidine groups is 1. The zero-order valence-corrected chi connectivity index (χ0v) is 18.6.